The van der Waals surface area contributed by atoms with Crippen LogP contribution in [0.25, 0.3) is 0 Å². The first-order chi connectivity index (χ1) is 7.42. The smallest absolute Gasteiger partial charge is 0.149 e. The van der Waals surface area contributed by atoms with Crippen LogP contribution in [0.4, 0.5) is 11.4 Å². The summed E-state index contributed by atoms with van der Waals surface area (Å²) < 4.78 is 22.2. The van der Waals surface area contributed by atoms with Crippen molar-refractivity contribution in [1.29, 1.82) is 0 Å². The van der Waals surface area contributed by atoms with Gasteiger partial charge in [0.25, 0.3) is 0 Å². The Labute approximate surface area is 97.0 Å². The summed E-state index contributed by atoms with van der Waals surface area (Å²) in [7, 11) is -2.92. The predicted molar refractivity (Wildman–Crippen MR) is 68.5 cm³/mol. The normalized spacial score (nSPS) is 11.4. The minimum Gasteiger partial charge on any atom is -0.399 e. The van der Waals surface area contributed by atoms with Crippen LogP contribution in [0.15, 0.2) is 24.3 Å². The van der Waals surface area contributed by atoms with Gasteiger partial charge in [-0.15, -0.1) is 0 Å². The molecule has 0 bridgehead atoms. The van der Waals surface area contributed by atoms with Crippen molar-refractivity contribution in [2.75, 3.05) is 35.7 Å². The molecule has 0 saturated carbocycles. The molecule has 1 rings (SSSR count). The number of benzene rings is 1. The van der Waals surface area contributed by atoms with E-state index in [0.717, 1.165) is 12.2 Å². The van der Waals surface area contributed by atoms with Gasteiger partial charge < -0.3 is 10.6 Å². The van der Waals surface area contributed by atoms with Gasteiger partial charge in [0.15, 0.2) is 0 Å². The van der Waals surface area contributed by atoms with Crippen LogP contribution >= 0.6 is 0 Å². The fourth-order valence-electron chi connectivity index (χ4n) is 1.47. The number of nitrogens with two attached hydrogens (primary N) is 1. The van der Waals surface area contributed by atoms with Crippen LogP contribution in [-0.4, -0.2) is 33.5 Å². The van der Waals surface area contributed by atoms with Crippen molar-refractivity contribution in [3.05, 3.63) is 24.3 Å². The molecule has 0 atom stereocenters. The van der Waals surface area contributed by atoms with Crippen molar-refractivity contribution < 1.29 is 8.42 Å². The molecule has 1 aromatic rings. The summed E-state index contributed by atoms with van der Waals surface area (Å²) in [4.78, 5) is 2.00. The SMILES string of the molecule is CCN(CCS(C)(=O)=O)c1cccc(N)c1. The Morgan fingerprint density at radius 2 is 2.06 bits per heavy atom. The Morgan fingerprint density at radius 1 is 1.38 bits per heavy atom. The number of hydrogen-bond acceptors (Lipinski definition) is 4. The largest absolute Gasteiger partial charge is 0.399 e. The summed E-state index contributed by atoms with van der Waals surface area (Å²) in [6, 6.07) is 7.47. The molecule has 2 N–H and O–H groups in total. The standard InChI is InChI=1S/C11H18N2O2S/c1-3-13(7-8-16(2,14)15)11-6-4-5-10(12)9-11/h4-6,9H,3,7-8,12H2,1-2H3. The Balaban J connectivity index is 2.75. The molecule has 0 aromatic heterocycles. The molecule has 0 aliphatic carbocycles. The monoisotopic (exact) mass is 242 g/mol. The summed E-state index contributed by atoms with van der Waals surface area (Å²) in [6.45, 7) is 3.25. The van der Waals surface area contributed by atoms with Gasteiger partial charge in [0.1, 0.15) is 9.84 Å². The van der Waals surface area contributed by atoms with E-state index in [1.807, 2.05) is 36.1 Å². The zero-order valence-corrected chi connectivity index (χ0v) is 10.5. The van der Waals surface area contributed by atoms with Gasteiger partial charge in [-0.3, -0.25) is 0 Å². The van der Waals surface area contributed by atoms with Gasteiger partial charge in [0.2, 0.25) is 0 Å². The highest BCUT2D eigenvalue weighted by Crippen LogP contribution is 2.17. The Kier molecular flexibility index (Phi) is 4.18. The second-order valence-electron chi connectivity index (χ2n) is 3.80. The van der Waals surface area contributed by atoms with Crippen LogP contribution in [0.2, 0.25) is 0 Å². The van der Waals surface area contributed by atoms with E-state index in [0.29, 0.717) is 12.2 Å². The highest BCUT2D eigenvalue weighted by molar-refractivity contribution is 7.90. The summed E-state index contributed by atoms with van der Waals surface area (Å²) in [5.41, 5.74) is 7.34. The quantitative estimate of drug-likeness (QED) is 0.786. The van der Waals surface area contributed by atoms with E-state index in [9.17, 15) is 8.42 Å². The molecule has 0 unspecified atom stereocenters. The summed E-state index contributed by atoms with van der Waals surface area (Å²) in [6.07, 6.45) is 1.25. The molecular formula is C11H18N2O2S. The van der Waals surface area contributed by atoms with E-state index >= 15 is 0 Å². The van der Waals surface area contributed by atoms with Gasteiger partial charge in [-0.2, -0.15) is 0 Å². The van der Waals surface area contributed by atoms with Gasteiger partial charge in [-0.25, -0.2) is 8.42 Å². The lowest BCUT2D eigenvalue weighted by molar-refractivity contribution is 0.600. The second-order valence-corrected chi connectivity index (χ2v) is 6.06. The molecule has 5 heteroatoms. The van der Waals surface area contributed by atoms with E-state index < -0.39 is 9.84 Å². The average molecular weight is 242 g/mol. The van der Waals surface area contributed by atoms with Crippen molar-refractivity contribution in [2.45, 2.75) is 6.92 Å². The van der Waals surface area contributed by atoms with Crippen LogP contribution in [0.1, 0.15) is 6.92 Å². The molecule has 0 fully saturated rings. The lowest BCUT2D eigenvalue weighted by atomic mass is 10.2. The molecule has 0 saturated heterocycles. The molecule has 0 radical (unpaired) electrons. The van der Waals surface area contributed by atoms with Gasteiger partial charge in [-0.05, 0) is 25.1 Å². The van der Waals surface area contributed by atoms with E-state index in [1.165, 1.54) is 6.26 Å². The lowest BCUT2D eigenvalue weighted by Crippen LogP contribution is -2.28. The molecule has 0 aliphatic heterocycles. The molecule has 90 valence electrons. The van der Waals surface area contributed by atoms with Crippen molar-refractivity contribution in [1.82, 2.24) is 0 Å². The van der Waals surface area contributed by atoms with E-state index in [1.54, 1.807) is 0 Å². The van der Waals surface area contributed by atoms with Gasteiger partial charge in [0.05, 0.1) is 5.75 Å². The molecule has 0 amide bonds. The number of anilines is 2. The van der Waals surface area contributed by atoms with Crippen LogP contribution in [0.3, 0.4) is 0 Å². The minimum absolute atomic E-state index is 0.162. The molecule has 0 aliphatic rings. The molecule has 1 aromatic carbocycles. The first-order valence-corrected chi connectivity index (χ1v) is 7.26. The fourth-order valence-corrected chi connectivity index (χ4v) is 2.02. The molecular weight excluding hydrogens is 224 g/mol. The first-order valence-electron chi connectivity index (χ1n) is 5.20. The van der Waals surface area contributed by atoms with Crippen molar-refractivity contribution in [3.8, 4) is 0 Å². The minimum atomic E-state index is -2.92. The lowest BCUT2D eigenvalue weighted by Gasteiger charge is -2.22. The Bertz CT molecular complexity index is 443. The van der Waals surface area contributed by atoms with Crippen LogP contribution in [-0.2, 0) is 9.84 Å². The first kappa shape index (κ1) is 12.8. The zero-order valence-electron chi connectivity index (χ0n) is 9.68. The van der Waals surface area contributed by atoms with Gasteiger partial charge in [0, 0.05) is 30.7 Å². The third kappa shape index (κ3) is 4.10. The summed E-state index contributed by atoms with van der Waals surface area (Å²) >= 11 is 0. The molecule has 0 spiro atoms. The maximum Gasteiger partial charge on any atom is 0.149 e. The number of hydrogen-bond donors (Lipinski definition) is 1. The zero-order chi connectivity index (χ0) is 12.2. The maximum atomic E-state index is 11.1. The number of sulfone groups is 1. The van der Waals surface area contributed by atoms with Gasteiger partial charge in [-0.1, -0.05) is 6.07 Å². The van der Waals surface area contributed by atoms with E-state index in [4.69, 9.17) is 5.73 Å². The van der Waals surface area contributed by atoms with Crippen molar-refractivity contribution >= 4 is 21.2 Å². The Morgan fingerprint density at radius 3 is 2.56 bits per heavy atom. The third-order valence-electron chi connectivity index (χ3n) is 2.35. The van der Waals surface area contributed by atoms with Crippen LogP contribution in [0.5, 0.6) is 0 Å². The highest BCUT2D eigenvalue weighted by Gasteiger charge is 2.08. The average Bonchev–Trinajstić information content (AvgIpc) is 2.17. The van der Waals surface area contributed by atoms with Gasteiger partial charge >= 0.3 is 0 Å². The number of nitrogens with zero attached hydrogens (tertiary/aromatic N) is 1. The molecule has 4 nitrogen and oxygen atoms in total. The maximum absolute atomic E-state index is 11.1. The Hall–Kier alpha value is -1.23. The van der Waals surface area contributed by atoms with E-state index in [2.05, 4.69) is 0 Å². The van der Waals surface area contributed by atoms with E-state index in [-0.39, 0.29) is 5.75 Å². The summed E-state index contributed by atoms with van der Waals surface area (Å²) in [5, 5.41) is 0. The van der Waals surface area contributed by atoms with Crippen LogP contribution in [0, 0.1) is 0 Å². The number of rotatable bonds is 5. The number of nitrogen functional groups attached to an aromatic ring is 1. The molecule has 16 heavy (non-hydrogen) atoms. The van der Waals surface area contributed by atoms with Crippen LogP contribution < -0.4 is 10.6 Å². The fraction of sp³-hybridized carbons (Fsp3) is 0.455. The highest BCUT2D eigenvalue weighted by atomic mass is 32.2. The topological polar surface area (TPSA) is 63.4 Å². The molecule has 0 heterocycles. The summed E-state index contributed by atoms with van der Waals surface area (Å²) in [5.74, 6) is 0.162. The second kappa shape index (κ2) is 5.21. The third-order valence-corrected chi connectivity index (χ3v) is 3.27. The predicted octanol–water partition coefficient (Wildman–Crippen LogP) is 1.14. The van der Waals surface area contributed by atoms with Crippen molar-refractivity contribution in [3.63, 3.8) is 0 Å². The van der Waals surface area contributed by atoms with Crippen molar-refractivity contribution in [2.24, 2.45) is 0 Å².